The maximum Gasteiger partial charge on any atom is 0.289 e. The number of amides is 1. The summed E-state index contributed by atoms with van der Waals surface area (Å²) in [5, 5.41) is 7.53. The summed E-state index contributed by atoms with van der Waals surface area (Å²) in [4.78, 5) is 20.2. The van der Waals surface area contributed by atoms with Gasteiger partial charge in [-0.3, -0.25) is 4.79 Å². The molecule has 1 aromatic heterocycles. The van der Waals surface area contributed by atoms with E-state index in [1.165, 1.54) is 18.5 Å². The molecule has 1 heterocycles. The molecule has 0 aliphatic carbocycles. The number of benzene rings is 1. The molecule has 2 N–H and O–H groups in total. The number of anilines is 1. The molecule has 0 bridgehead atoms. The van der Waals surface area contributed by atoms with E-state index in [1.807, 2.05) is 31.2 Å². The first-order chi connectivity index (χ1) is 12.7. The van der Waals surface area contributed by atoms with Crippen LogP contribution < -0.4 is 10.6 Å². The molecule has 0 saturated carbocycles. The first kappa shape index (κ1) is 20.9. The number of aromatic nitrogens is 2. The number of nitrogens with one attached hydrogen (secondary N) is 2. The van der Waals surface area contributed by atoms with Crippen molar-refractivity contribution in [2.24, 2.45) is 0 Å². The quantitative estimate of drug-likeness (QED) is 0.730. The molecular formula is C18H21ClN4O3S. The predicted molar refractivity (Wildman–Crippen MR) is 106 cm³/mol. The zero-order chi connectivity index (χ0) is 20.0. The van der Waals surface area contributed by atoms with Crippen LogP contribution in [0.5, 0.6) is 0 Å². The van der Waals surface area contributed by atoms with Crippen LogP contribution in [-0.2, 0) is 9.84 Å². The summed E-state index contributed by atoms with van der Waals surface area (Å²) < 4.78 is 22.2. The minimum absolute atomic E-state index is 0.00875. The lowest BCUT2D eigenvalue weighted by atomic mass is 10.1. The number of carbonyl (C=O) groups excluding carboxylic acids is 1. The van der Waals surface area contributed by atoms with Crippen molar-refractivity contribution in [1.29, 1.82) is 0 Å². The van der Waals surface area contributed by atoms with Crippen LogP contribution in [0, 0.1) is 0 Å². The standard InChI is InChI=1S/C18H21ClN4O3S/c1-12(8-9-27(3,25)26)22-18(24)17-20-10-14(11-21-17)23-13(2)15-6-4-5-7-16(15)19/h4-13,23H,1-3H3,(H,22,24)/b9-8+/t12-,13+/m1/s1. The van der Waals surface area contributed by atoms with Crippen LogP contribution in [0.3, 0.4) is 0 Å². The highest BCUT2D eigenvalue weighted by Gasteiger charge is 2.13. The maximum atomic E-state index is 12.1. The summed E-state index contributed by atoms with van der Waals surface area (Å²) in [5.41, 5.74) is 1.58. The van der Waals surface area contributed by atoms with Crippen LogP contribution in [-0.4, -0.2) is 36.6 Å². The van der Waals surface area contributed by atoms with Gasteiger partial charge in [-0.05, 0) is 25.5 Å². The van der Waals surface area contributed by atoms with E-state index in [4.69, 9.17) is 11.6 Å². The second-order valence-corrected chi connectivity index (χ2v) is 8.44. The van der Waals surface area contributed by atoms with Crippen LogP contribution in [0.2, 0.25) is 5.02 Å². The van der Waals surface area contributed by atoms with Crippen LogP contribution in [0.1, 0.15) is 36.1 Å². The Bertz CT molecular complexity index is 930. The Balaban J connectivity index is 1.99. The summed E-state index contributed by atoms with van der Waals surface area (Å²) in [6.45, 7) is 3.61. The van der Waals surface area contributed by atoms with E-state index in [9.17, 15) is 13.2 Å². The molecule has 1 amide bonds. The highest BCUT2D eigenvalue weighted by molar-refractivity contribution is 7.93. The van der Waals surface area contributed by atoms with Gasteiger partial charge in [0.25, 0.3) is 5.91 Å². The monoisotopic (exact) mass is 408 g/mol. The average molecular weight is 409 g/mol. The average Bonchev–Trinajstić information content (AvgIpc) is 2.60. The number of hydrogen-bond acceptors (Lipinski definition) is 6. The third-order valence-electron chi connectivity index (χ3n) is 3.58. The summed E-state index contributed by atoms with van der Waals surface area (Å²) in [5.74, 6) is -0.503. The van der Waals surface area contributed by atoms with Gasteiger partial charge in [0.15, 0.2) is 9.84 Å². The van der Waals surface area contributed by atoms with E-state index in [0.717, 1.165) is 17.2 Å². The lowest BCUT2D eigenvalue weighted by Gasteiger charge is -2.16. The zero-order valence-corrected chi connectivity index (χ0v) is 16.8. The van der Waals surface area contributed by atoms with Crippen LogP contribution in [0.15, 0.2) is 48.1 Å². The molecule has 9 heteroatoms. The zero-order valence-electron chi connectivity index (χ0n) is 15.2. The molecule has 2 atom stereocenters. The lowest BCUT2D eigenvalue weighted by Crippen LogP contribution is -2.32. The fourth-order valence-corrected chi connectivity index (χ4v) is 3.07. The van der Waals surface area contributed by atoms with Gasteiger partial charge in [0.2, 0.25) is 5.82 Å². The van der Waals surface area contributed by atoms with Gasteiger partial charge < -0.3 is 10.6 Å². The Morgan fingerprint density at radius 3 is 2.41 bits per heavy atom. The summed E-state index contributed by atoms with van der Waals surface area (Å²) in [6, 6.07) is 6.97. The van der Waals surface area contributed by atoms with Crippen LogP contribution >= 0.6 is 11.6 Å². The Hall–Kier alpha value is -2.45. The van der Waals surface area contributed by atoms with Gasteiger partial charge in [-0.2, -0.15) is 0 Å². The predicted octanol–water partition coefficient (Wildman–Crippen LogP) is 2.98. The fourth-order valence-electron chi connectivity index (χ4n) is 2.25. The normalized spacial score (nSPS) is 13.9. The van der Waals surface area contributed by atoms with Gasteiger partial charge in [-0.1, -0.05) is 35.9 Å². The highest BCUT2D eigenvalue weighted by atomic mass is 35.5. The molecular weight excluding hydrogens is 388 g/mol. The minimum Gasteiger partial charge on any atom is -0.376 e. The van der Waals surface area contributed by atoms with E-state index in [1.54, 1.807) is 6.92 Å². The van der Waals surface area contributed by atoms with Gasteiger partial charge in [0.1, 0.15) is 0 Å². The molecule has 144 valence electrons. The van der Waals surface area contributed by atoms with E-state index in [0.29, 0.717) is 10.7 Å². The molecule has 0 spiro atoms. The molecule has 0 aliphatic heterocycles. The SMILES string of the molecule is C[C@H](/C=C/S(C)(=O)=O)NC(=O)c1ncc(N[C@@H](C)c2ccccc2Cl)cn1. The Kier molecular flexibility index (Phi) is 6.92. The number of sulfone groups is 1. The molecule has 0 fully saturated rings. The van der Waals surface area contributed by atoms with Crippen molar-refractivity contribution in [3.8, 4) is 0 Å². The van der Waals surface area contributed by atoms with Crippen molar-refractivity contribution < 1.29 is 13.2 Å². The largest absolute Gasteiger partial charge is 0.376 e. The van der Waals surface area contributed by atoms with Gasteiger partial charge in [-0.25, -0.2) is 18.4 Å². The molecule has 2 rings (SSSR count). The number of halogens is 1. The number of hydrogen-bond donors (Lipinski definition) is 2. The van der Waals surface area contributed by atoms with Crippen LogP contribution in [0.4, 0.5) is 5.69 Å². The Morgan fingerprint density at radius 2 is 1.81 bits per heavy atom. The second-order valence-electron chi connectivity index (χ2n) is 6.10. The molecule has 0 saturated heterocycles. The highest BCUT2D eigenvalue weighted by Crippen LogP contribution is 2.25. The summed E-state index contributed by atoms with van der Waals surface area (Å²) >= 11 is 6.19. The second kappa shape index (κ2) is 8.96. The van der Waals surface area contributed by atoms with Crippen molar-refractivity contribution in [2.75, 3.05) is 11.6 Å². The number of nitrogens with zero attached hydrogens (tertiary/aromatic N) is 2. The van der Waals surface area contributed by atoms with Gasteiger partial charge in [-0.15, -0.1) is 0 Å². The van der Waals surface area contributed by atoms with Gasteiger partial charge >= 0.3 is 0 Å². The fraction of sp³-hybridized carbons (Fsp3) is 0.278. The first-order valence-electron chi connectivity index (χ1n) is 8.18. The van der Waals surface area contributed by atoms with Crippen molar-refractivity contribution in [3.63, 3.8) is 0 Å². The smallest absolute Gasteiger partial charge is 0.289 e. The maximum absolute atomic E-state index is 12.1. The van der Waals surface area contributed by atoms with Gasteiger partial charge in [0.05, 0.1) is 24.1 Å². The lowest BCUT2D eigenvalue weighted by molar-refractivity contribution is 0.0936. The van der Waals surface area contributed by atoms with Crippen molar-refractivity contribution >= 4 is 33.0 Å². The first-order valence-corrected chi connectivity index (χ1v) is 10.5. The number of rotatable bonds is 7. The van der Waals surface area contributed by atoms with E-state index >= 15 is 0 Å². The molecule has 27 heavy (non-hydrogen) atoms. The van der Waals surface area contributed by atoms with E-state index in [-0.39, 0.29) is 11.9 Å². The number of carbonyl (C=O) groups is 1. The minimum atomic E-state index is -3.24. The van der Waals surface area contributed by atoms with E-state index < -0.39 is 21.8 Å². The third-order valence-corrected chi connectivity index (χ3v) is 4.58. The Morgan fingerprint density at radius 1 is 1.19 bits per heavy atom. The van der Waals surface area contributed by atoms with E-state index in [2.05, 4.69) is 20.6 Å². The molecule has 2 aromatic rings. The molecule has 0 aliphatic rings. The van der Waals surface area contributed by atoms with Crippen molar-refractivity contribution in [3.05, 3.63) is 64.6 Å². The molecule has 1 aromatic carbocycles. The Labute approximate surface area is 163 Å². The van der Waals surface area contributed by atoms with Crippen LogP contribution in [0.25, 0.3) is 0 Å². The third kappa shape index (κ3) is 6.65. The van der Waals surface area contributed by atoms with Crippen molar-refractivity contribution in [2.45, 2.75) is 25.9 Å². The molecule has 0 radical (unpaired) electrons. The summed E-state index contributed by atoms with van der Waals surface area (Å²) in [7, 11) is -3.24. The van der Waals surface area contributed by atoms with Crippen molar-refractivity contribution in [1.82, 2.24) is 15.3 Å². The summed E-state index contributed by atoms with van der Waals surface area (Å²) in [6.07, 6.45) is 5.48. The molecule has 7 nitrogen and oxygen atoms in total. The van der Waals surface area contributed by atoms with Gasteiger partial charge in [0, 0.05) is 22.7 Å². The molecule has 0 unspecified atom stereocenters. The topological polar surface area (TPSA) is 101 Å².